The van der Waals surface area contributed by atoms with Crippen LogP contribution in [0.15, 0.2) is 59.5 Å². The zero-order valence-corrected chi connectivity index (χ0v) is 16.5. The zero-order chi connectivity index (χ0) is 20.4. The van der Waals surface area contributed by atoms with Crippen molar-refractivity contribution in [3.05, 3.63) is 60.2 Å². The second kappa shape index (κ2) is 11.0. The van der Waals surface area contributed by atoms with Crippen molar-refractivity contribution in [2.75, 3.05) is 32.1 Å². The monoisotopic (exact) mass is 401 g/mol. The van der Waals surface area contributed by atoms with Crippen LogP contribution in [-0.4, -0.2) is 43.6 Å². The van der Waals surface area contributed by atoms with Gasteiger partial charge in [-0.3, -0.25) is 14.8 Å². The second-order valence-corrected chi connectivity index (χ2v) is 6.98. The van der Waals surface area contributed by atoms with E-state index in [1.807, 2.05) is 43.3 Å². The lowest BCUT2D eigenvalue weighted by Gasteiger charge is -2.11. The summed E-state index contributed by atoms with van der Waals surface area (Å²) in [6.07, 6.45) is 3.25. The van der Waals surface area contributed by atoms with Gasteiger partial charge in [-0.25, -0.2) is 5.48 Å². The summed E-state index contributed by atoms with van der Waals surface area (Å²) < 4.78 is 5.54. The number of thioether (sulfide) groups is 1. The Labute approximate surface area is 168 Å². The Morgan fingerprint density at radius 2 is 1.79 bits per heavy atom. The molecular weight excluding hydrogens is 378 g/mol. The molecule has 8 heteroatoms. The van der Waals surface area contributed by atoms with Crippen LogP contribution in [0.1, 0.15) is 5.56 Å². The van der Waals surface area contributed by atoms with Crippen molar-refractivity contribution in [2.45, 2.75) is 4.90 Å². The maximum atomic E-state index is 11.9. The molecule has 0 aliphatic heterocycles. The summed E-state index contributed by atoms with van der Waals surface area (Å²) in [5.41, 5.74) is 3.60. The van der Waals surface area contributed by atoms with Crippen LogP contribution >= 0.6 is 11.8 Å². The van der Waals surface area contributed by atoms with E-state index in [0.29, 0.717) is 23.8 Å². The fraction of sp³-hybridized carbons (Fsp3) is 0.200. The molecule has 0 atom stereocenters. The van der Waals surface area contributed by atoms with Gasteiger partial charge < -0.3 is 15.0 Å². The number of nitrogens with zero attached hydrogens (tertiary/aromatic N) is 1. The van der Waals surface area contributed by atoms with E-state index in [1.165, 1.54) is 6.08 Å². The fourth-order valence-electron chi connectivity index (χ4n) is 2.19. The van der Waals surface area contributed by atoms with E-state index in [4.69, 9.17) is 9.94 Å². The Morgan fingerprint density at radius 3 is 2.39 bits per heavy atom. The molecule has 0 aliphatic carbocycles. The van der Waals surface area contributed by atoms with Crippen LogP contribution in [0, 0.1) is 0 Å². The highest BCUT2D eigenvalue weighted by Gasteiger charge is 2.03. The third-order valence-electron chi connectivity index (χ3n) is 3.63. The summed E-state index contributed by atoms with van der Waals surface area (Å²) in [5.74, 6) is 0.432. The number of amides is 2. The van der Waals surface area contributed by atoms with E-state index in [9.17, 15) is 9.59 Å². The van der Waals surface area contributed by atoms with Gasteiger partial charge in [0.25, 0.3) is 0 Å². The SMILES string of the molecule is CN(C)c1ccc(/C=C/C(=O)NCCOc2ccc(SC(=O)NO)cc2)cc1. The van der Waals surface area contributed by atoms with E-state index in [-0.39, 0.29) is 5.91 Å². The lowest BCUT2D eigenvalue weighted by Crippen LogP contribution is -2.26. The van der Waals surface area contributed by atoms with Crippen molar-refractivity contribution in [1.82, 2.24) is 10.8 Å². The number of hydrogen-bond acceptors (Lipinski definition) is 6. The Bertz CT molecular complexity index is 805. The van der Waals surface area contributed by atoms with E-state index in [1.54, 1.807) is 35.8 Å². The molecule has 28 heavy (non-hydrogen) atoms. The zero-order valence-electron chi connectivity index (χ0n) is 15.7. The lowest BCUT2D eigenvalue weighted by atomic mass is 10.2. The van der Waals surface area contributed by atoms with Crippen molar-refractivity contribution in [3.63, 3.8) is 0 Å². The molecular formula is C20H23N3O4S. The summed E-state index contributed by atoms with van der Waals surface area (Å²) in [4.78, 5) is 25.6. The van der Waals surface area contributed by atoms with Crippen LogP contribution in [0.2, 0.25) is 0 Å². The predicted octanol–water partition coefficient (Wildman–Crippen LogP) is 3.15. The van der Waals surface area contributed by atoms with Crippen molar-refractivity contribution < 1.29 is 19.5 Å². The third-order valence-corrected chi connectivity index (χ3v) is 4.42. The standard InChI is InChI=1S/C20H23N3O4S/c1-23(2)16-6-3-15(4-7-16)5-12-19(24)21-13-14-27-17-8-10-18(11-9-17)28-20(25)22-26/h3-12,26H,13-14H2,1-2H3,(H,21,24)(H,22,25)/b12-5+. The smallest absolute Gasteiger partial charge is 0.307 e. The molecule has 2 aromatic carbocycles. The lowest BCUT2D eigenvalue weighted by molar-refractivity contribution is -0.116. The van der Waals surface area contributed by atoms with Crippen LogP contribution in [-0.2, 0) is 4.79 Å². The Morgan fingerprint density at radius 1 is 1.11 bits per heavy atom. The first kappa shape index (κ1) is 21.3. The Kier molecular flexibility index (Phi) is 8.38. The van der Waals surface area contributed by atoms with Crippen molar-refractivity contribution in [2.24, 2.45) is 0 Å². The van der Waals surface area contributed by atoms with Crippen molar-refractivity contribution in [1.29, 1.82) is 0 Å². The molecule has 2 rings (SSSR count). The number of benzene rings is 2. The molecule has 3 N–H and O–H groups in total. The average molecular weight is 401 g/mol. The summed E-state index contributed by atoms with van der Waals surface area (Å²) in [6.45, 7) is 0.687. The van der Waals surface area contributed by atoms with E-state index >= 15 is 0 Å². The highest BCUT2D eigenvalue weighted by molar-refractivity contribution is 8.13. The number of hydrogen-bond donors (Lipinski definition) is 3. The number of anilines is 1. The summed E-state index contributed by atoms with van der Waals surface area (Å²) in [7, 11) is 3.95. The minimum atomic E-state index is -0.557. The molecule has 0 unspecified atom stereocenters. The number of carbonyl (C=O) groups is 2. The van der Waals surface area contributed by atoms with Crippen LogP contribution in [0.3, 0.4) is 0 Å². The van der Waals surface area contributed by atoms with E-state index in [0.717, 1.165) is 23.0 Å². The molecule has 0 bridgehead atoms. The molecule has 0 saturated carbocycles. The largest absolute Gasteiger partial charge is 0.492 e. The minimum Gasteiger partial charge on any atom is -0.492 e. The molecule has 148 valence electrons. The van der Waals surface area contributed by atoms with Crippen LogP contribution in [0.25, 0.3) is 6.08 Å². The van der Waals surface area contributed by atoms with Gasteiger partial charge in [-0.15, -0.1) is 0 Å². The highest BCUT2D eigenvalue weighted by Crippen LogP contribution is 2.21. The number of nitrogens with one attached hydrogen (secondary N) is 2. The van der Waals surface area contributed by atoms with E-state index < -0.39 is 5.24 Å². The maximum absolute atomic E-state index is 11.9. The van der Waals surface area contributed by atoms with Gasteiger partial charge in [0.1, 0.15) is 12.4 Å². The van der Waals surface area contributed by atoms with Crippen LogP contribution in [0.5, 0.6) is 5.75 Å². The van der Waals surface area contributed by atoms with Gasteiger partial charge in [-0.2, -0.15) is 0 Å². The topological polar surface area (TPSA) is 90.9 Å². The minimum absolute atomic E-state index is 0.193. The molecule has 7 nitrogen and oxygen atoms in total. The molecule has 0 fully saturated rings. The summed E-state index contributed by atoms with van der Waals surface area (Å²) in [6, 6.07) is 14.7. The summed E-state index contributed by atoms with van der Waals surface area (Å²) in [5, 5.41) is 10.7. The van der Waals surface area contributed by atoms with Crippen LogP contribution in [0.4, 0.5) is 10.5 Å². The average Bonchev–Trinajstić information content (AvgIpc) is 2.71. The second-order valence-electron chi connectivity index (χ2n) is 5.93. The van der Waals surface area contributed by atoms with Gasteiger partial charge in [-0.1, -0.05) is 12.1 Å². The highest BCUT2D eigenvalue weighted by atomic mass is 32.2. The number of hydroxylamine groups is 1. The molecule has 0 spiro atoms. The maximum Gasteiger partial charge on any atom is 0.307 e. The molecule has 0 aromatic heterocycles. The van der Waals surface area contributed by atoms with Gasteiger partial charge in [0.15, 0.2) is 0 Å². The van der Waals surface area contributed by atoms with Gasteiger partial charge >= 0.3 is 5.24 Å². The van der Waals surface area contributed by atoms with E-state index in [2.05, 4.69) is 5.32 Å². The van der Waals surface area contributed by atoms with Gasteiger partial charge in [-0.05, 0) is 59.8 Å². The first-order valence-electron chi connectivity index (χ1n) is 8.56. The van der Waals surface area contributed by atoms with Crippen molar-refractivity contribution >= 4 is 34.7 Å². The molecule has 0 saturated heterocycles. The van der Waals surface area contributed by atoms with Gasteiger partial charge in [0.2, 0.25) is 5.91 Å². The summed E-state index contributed by atoms with van der Waals surface area (Å²) >= 11 is 0.868. The first-order valence-corrected chi connectivity index (χ1v) is 9.37. The number of rotatable bonds is 8. The number of carbonyl (C=O) groups excluding carboxylic acids is 2. The Hall–Kier alpha value is -2.97. The molecule has 2 amide bonds. The molecule has 2 aromatic rings. The normalized spacial score (nSPS) is 10.5. The molecule has 0 radical (unpaired) electrons. The van der Waals surface area contributed by atoms with Crippen molar-refractivity contribution in [3.8, 4) is 5.75 Å². The number of ether oxygens (including phenoxy) is 1. The Balaban J connectivity index is 1.69. The predicted molar refractivity (Wildman–Crippen MR) is 111 cm³/mol. The van der Waals surface area contributed by atoms with Crippen LogP contribution < -0.4 is 20.4 Å². The quantitative estimate of drug-likeness (QED) is 0.207. The molecule has 0 heterocycles. The molecule has 0 aliphatic rings. The van der Waals surface area contributed by atoms with Gasteiger partial charge in [0, 0.05) is 30.8 Å². The third kappa shape index (κ3) is 7.34. The van der Waals surface area contributed by atoms with Gasteiger partial charge in [0.05, 0.1) is 6.54 Å². The fourth-order valence-corrected chi connectivity index (χ4v) is 2.72. The first-order chi connectivity index (χ1) is 13.5.